The molecule has 208 valence electrons. The fourth-order valence-corrected chi connectivity index (χ4v) is 3.37. The smallest absolute Gasteiger partial charge is 0.0765 e. The molecule has 0 aliphatic rings. The van der Waals surface area contributed by atoms with E-state index in [0.29, 0.717) is 0 Å². The van der Waals surface area contributed by atoms with Crippen LogP contribution in [0.5, 0.6) is 0 Å². The first-order valence-electron chi connectivity index (χ1n) is 12.5. The van der Waals surface area contributed by atoms with E-state index in [1.807, 2.05) is 149 Å². The van der Waals surface area contributed by atoms with Gasteiger partial charge in [0.1, 0.15) is 0 Å². The summed E-state index contributed by atoms with van der Waals surface area (Å²) in [6.45, 7) is 7.45. The van der Waals surface area contributed by atoms with Crippen molar-refractivity contribution in [2.24, 2.45) is 0 Å². The largest absolute Gasteiger partial charge is 0.350 e. The zero-order valence-electron chi connectivity index (χ0n) is 23.2. The number of thiocarbonyl (C=S) groups is 4. The molecule has 0 amide bonds. The minimum Gasteiger partial charge on any atom is -0.350 e. The van der Waals surface area contributed by atoms with Gasteiger partial charge in [0.25, 0.3) is 0 Å². The van der Waals surface area contributed by atoms with Crippen LogP contribution < -0.4 is 21.3 Å². The molecule has 4 nitrogen and oxygen atoms in total. The van der Waals surface area contributed by atoms with E-state index < -0.39 is 0 Å². The molecule has 0 fully saturated rings. The highest BCUT2D eigenvalue weighted by Crippen LogP contribution is 2.06. The molecule has 4 rings (SSSR count). The van der Waals surface area contributed by atoms with E-state index in [2.05, 4.69) is 21.3 Å². The van der Waals surface area contributed by atoms with Gasteiger partial charge in [0.05, 0.1) is 20.0 Å². The summed E-state index contributed by atoms with van der Waals surface area (Å²) in [4.78, 5) is 3.19. The molecule has 0 radical (unpaired) electrons. The Kier molecular flexibility index (Phi) is 18.3. The maximum atomic E-state index is 4.87. The monoisotopic (exact) mass is 604 g/mol. The molecular formula is C32H36N4S4. The van der Waals surface area contributed by atoms with Crippen molar-refractivity contribution >= 4 is 91.6 Å². The normalized spacial score (nSPS) is 8.90. The third kappa shape index (κ3) is 19.5. The van der Waals surface area contributed by atoms with Crippen molar-refractivity contribution in [3.05, 3.63) is 121 Å². The van der Waals surface area contributed by atoms with Crippen molar-refractivity contribution in [3.63, 3.8) is 0 Å². The minimum absolute atomic E-state index is 0.797. The molecular weight excluding hydrogens is 569 g/mol. The van der Waals surface area contributed by atoms with Gasteiger partial charge in [-0.05, 0) is 76.2 Å². The van der Waals surface area contributed by atoms with Crippen molar-refractivity contribution < 1.29 is 0 Å². The molecule has 0 unspecified atom stereocenters. The van der Waals surface area contributed by atoms with Crippen LogP contribution in [0.2, 0.25) is 0 Å². The van der Waals surface area contributed by atoms with Crippen molar-refractivity contribution in [1.82, 2.24) is 0 Å². The van der Waals surface area contributed by atoms with Gasteiger partial charge in [-0.2, -0.15) is 0 Å². The standard InChI is InChI=1S/4C8H9NS/c4*1-7(10)9-8-5-3-2-4-6-8/h4*2-6H,1H3,(H,9,10). The Bertz CT molecular complexity index is 1080. The summed E-state index contributed by atoms with van der Waals surface area (Å²) in [6, 6.07) is 39.5. The van der Waals surface area contributed by atoms with Crippen molar-refractivity contribution in [3.8, 4) is 0 Å². The topological polar surface area (TPSA) is 48.1 Å². The lowest BCUT2D eigenvalue weighted by Gasteiger charge is -2.00. The Morgan fingerprint density at radius 2 is 0.475 bits per heavy atom. The van der Waals surface area contributed by atoms with E-state index in [-0.39, 0.29) is 0 Å². The highest BCUT2D eigenvalue weighted by Gasteiger charge is 1.89. The summed E-state index contributed by atoms with van der Waals surface area (Å²) in [5, 5.41) is 12.1. The van der Waals surface area contributed by atoms with Crippen LogP contribution in [-0.2, 0) is 0 Å². The van der Waals surface area contributed by atoms with Crippen LogP contribution in [0.1, 0.15) is 27.7 Å². The summed E-state index contributed by atoms with van der Waals surface area (Å²) in [7, 11) is 0. The number of benzene rings is 4. The minimum atomic E-state index is 0.797. The molecule has 0 heterocycles. The zero-order valence-corrected chi connectivity index (χ0v) is 26.4. The van der Waals surface area contributed by atoms with Crippen LogP contribution in [0.25, 0.3) is 0 Å². The summed E-state index contributed by atoms with van der Waals surface area (Å²) in [5.41, 5.74) is 4.20. The highest BCUT2D eigenvalue weighted by molar-refractivity contribution is 7.81. The molecule has 0 bridgehead atoms. The fourth-order valence-electron chi connectivity index (χ4n) is 2.90. The van der Waals surface area contributed by atoms with Gasteiger partial charge in [0.2, 0.25) is 0 Å². The van der Waals surface area contributed by atoms with Gasteiger partial charge in [-0.3, -0.25) is 0 Å². The Morgan fingerprint density at radius 3 is 0.600 bits per heavy atom. The van der Waals surface area contributed by atoms with E-state index >= 15 is 0 Å². The molecule has 0 aromatic heterocycles. The lowest BCUT2D eigenvalue weighted by Crippen LogP contribution is -2.02. The lowest BCUT2D eigenvalue weighted by molar-refractivity contribution is 1.63. The zero-order chi connectivity index (χ0) is 29.6. The van der Waals surface area contributed by atoms with Crippen molar-refractivity contribution in [1.29, 1.82) is 0 Å². The third-order valence-electron chi connectivity index (χ3n) is 4.38. The van der Waals surface area contributed by atoms with E-state index in [9.17, 15) is 0 Å². The third-order valence-corrected chi connectivity index (χ3v) is 4.78. The van der Waals surface area contributed by atoms with Crippen molar-refractivity contribution in [2.45, 2.75) is 27.7 Å². The second-order valence-electron chi connectivity index (χ2n) is 8.19. The Labute approximate surface area is 260 Å². The first-order valence-corrected chi connectivity index (χ1v) is 14.1. The molecule has 0 saturated heterocycles. The Balaban J connectivity index is 0.000000267. The van der Waals surface area contributed by atoms with Crippen LogP contribution in [0, 0.1) is 0 Å². The number of hydrogen-bond donors (Lipinski definition) is 4. The highest BCUT2D eigenvalue weighted by atomic mass is 32.1. The van der Waals surface area contributed by atoms with Gasteiger partial charge in [-0.1, -0.05) is 122 Å². The number of anilines is 4. The first kappa shape index (κ1) is 34.5. The van der Waals surface area contributed by atoms with Gasteiger partial charge < -0.3 is 21.3 Å². The molecule has 4 aromatic carbocycles. The summed E-state index contributed by atoms with van der Waals surface area (Å²) in [6.07, 6.45) is 0. The molecule has 0 atom stereocenters. The SMILES string of the molecule is CC(=S)Nc1ccccc1.CC(=S)Nc1ccccc1.CC(=S)Nc1ccccc1.CC(=S)Nc1ccccc1. The fraction of sp³-hybridized carbons (Fsp3) is 0.125. The van der Waals surface area contributed by atoms with Crippen LogP contribution in [0.15, 0.2) is 121 Å². The molecule has 40 heavy (non-hydrogen) atoms. The average Bonchev–Trinajstić information content (AvgIpc) is 2.91. The van der Waals surface area contributed by atoms with Crippen LogP contribution in [-0.4, -0.2) is 20.0 Å². The molecule has 4 aromatic rings. The molecule has 0 saturated carbocycles. The predicted octanol–water partition coefficient (Wildman–Crippen LogP) is 9.78. The van der Waals surface area contributed by atoms with Crippen LogP contribution in [0.4, 0.5) is 22.7 Å². The van der Waals surface area contributed by atoms with Crippen LogP contribution >= 0.6 is 48.9 Å². The number of para-hydroxylation sites is 4. The summed E-state index contributed by atoms with van der Waals surface area (Å²) < 4.78 is 0. The van der Waals surface area contributed by atoms with Gasteiger partial charge in [-0.15, -0.1) is 0 Å². The van der Waals surface area contributed by atoms with Gasteiger partial charge in [-0.25, -0.2) is 0 Å². The Morgan fingerprint density at radius 1 is 0.325 bits per heavy atom. The van der Waals surface area contributed by atoms with E-state index in [1.54, 1.807) is 0 Å². The van der Waals surface area contributed by atoms with Crippen molar-refractivity contribution in [2.75, 3.05) is 21.3 Å². The van der Waals surface area contributed by atoms with Crippen LogP contribution in [0.3, 0.4) is 0 Å². The maximum absolute atomic E-state index is 4.87. The quantitative estimate of drug-likeness (QED) is 0.172. The maximum Gasteiger partial charge on any atom is 0.0765 e. The molecule has 4 N–H and O–H groups in total. The lowest BCUT2D eigenvalue weighted by atomic mass is 10.3. The van der Waals surface area contributed by atoms with E-state index in [0.717, 1.165) is 42.7 Å². The van der Waals surface area contributed by atoms with E-state index in [4.69, 9.17) is 48.9 Å². The summed E-state index contributed by atoms with van der Waals surface area (Å²) >= 11 is 19.5. The molecule has 0 aliphatic heterocycles. The first-order chi connectivity index (χ1) is 19.2. The average molecular weight is 605 g/mol. The summed E-state index contributed by atoms with van der Waals surface area (Å²) in [5.74, 6) is 0. The predicted molar refractivity (Wildman–Crippen MR) is 193 cm³/mol. The van der Waals surface area contributed by atoms with Gasteiger partial charge in [0, 0.05) is 22.7 Å². The second kappa shape index (κ2) is 21.3. The number of rotatable bonds is 4. The van der Waals surface area contributed by atoms with Gasteiger partial charge >= 0.3 is 0 Å². The molecule has 0 aliphatic carbocycles. The number of hydrogen-bond acceptors (Lipinski definition) is 4. The number of nitrogens with one attached hydrogen (secondary N) is 4. The molecule has 8 heteroatoms. The Hall–Kier alpha value is -3.56. The van der Waals surface area contributed by atoms with Gasteiger partial charge in [0.15, 0.2) is 0 Å². The second-order valence-corrected chi connectivity index (χ2v) is 10.6. The molecule has 0 spiro atoms. The van der Waals surface area contributed by atoms with E-state index in [1.165, 1.54) is 0 Å².